The van der Waals surface area contributed by atoms with E-state index in [0.29, 0.717) is 31.3 Å². The third-order valence-electron chi connectivity index (χ3n) is 8.00. The van der Waals surface area contributed by atoms with Gasteiger partial charge in [0.1, 0.15) is 23.8 Å². The number of carboxylic acid groups (broad SMARTS) is 1. The molecule has 0 aliphatic carbocycles. The number of aromatic nitrogens is 3. The lowest BCUT2D eigenvalue weighted by atomic mass is 9.70. The van der Waals surface area contributed by atoms with Crippen molar-refractivity contribution in [3.8, 4) is 0 Å². The van der Waals surface area contributed by atoms with Crippen LogP contribution in [0.5, 0.6) is 0 Å². The van der Waals surface area contributed by atoms with E-state index in [9.17, 15) is 19.5 Å². The zero-order chi connectivity index (χ0) is 27.0. The van der Waals surface area contributed by atoms with Crippen molar-refractivity contribution in [3.05, 3.63) is 36.9 Å². The minimum absolute atomic E-state index is 0.0880. The van der Waals surface area contributed by atoms with E-state index in [1.54, 1.807) is 20.6 Å². The van der Waals surface area contributed by atoms with Crippen LogP contribution in [0, 0.1) is 11.8 Å². The van der Waals surface area contributed by atoms with Crippen LogP contribution in [0.3, 0.4) is 0 Å². The summed E-state index contributed by atoms with van der Waals surface area (Å²) < 4.78 is 7.98. The fraction of sp³-hybridized carbons (Fsp3) is 0.577. The number of hydrogen-bond acceptors (Lipinski definition) is 7. The molecule has 6 atom stereocenters. The molecular formula is C26H32BrN5O6. The fourth-order valence-corrected chi connectivity index (χ4v) is 7.35. The molecule has 2 amide bonds. The van der Waals surface area contributed by atoms with Gasteiger partial charge in [0.2, 0.25) is 11.8 Å². The number of aliphatic hydroxyl groups excluding tert-OH is 1. The Kier molecular flexibility index (Phi) is 7.56. The summed E-state index contributed by atoms with van der Waals surface area (Å²) in [7, 11) is 0. The van der Waals surface area contributed by atoms with Gasteiger partial charge in [-0.25, -0.2) is 4.68 Å². The molecule has 3 fully saturated rings. The topological polar surface area (TPSA) is 138 Å². The Balaban J connectivity index is 1.48. The summed E-state index contributed by atoms with van der Waals surface area (Å²) >= 11 is 3.57. The van der Waals surface area contributed by atoms with Gasteiger partial charge in [-0.05, 0) is 31.4 Å². The van der Waals surface area contributed by atoms with E-state index in [4.69, 9.17) is 9.84 Å². The van der Waals surface area contributed by atoms with Crippen LogP contribution in [0.1, 0.15) is 32.1 Å². The predicted molar refractivity (Wildman–Crippen MR) is 140 cm³/mol. The van der Waals surface area contributed by atoms with Crippen LogP contribution in [0.25, 0.3) is 11.0 Å². The number of benzene rings is 1. The molecule has 11 nitrogen and oxygen atoms in total. The van der Waals surface area contributed by atoms with Gasteiger partial charge in [0.15, 0.2) is 0 Å². The number of aliphatic carboxylic acids is 1. The Morgan fingerprint density at radius 3 is 2.76 bits per heavy atom. The molecule has 1 spiro atoms. The van der Waals surface area contributed by atoms with Gasteiger partial charge in [-0.15, -0.1) is 11.7 Å². The number of ether oxygens (including phenoxy) is 1. The summed E-state index contributed by atoms with van der Waals surface area (Å²) in [6.07, 6.45) is 4.16. The number of halogens is 1. The number of hydrogen-bond donors (Lipinski definition) is 2. The summed E-state index contributed by atoms with van der Waals surface area (Å²) in [4.78, 5) is 43.3. The largest absolute Gasteiger partial charge is 0.481 e. The van der Waals surface area contributed by atoms with Crippen molar-refractivity contribution < 1.29 is 29.3 Å². The van der Waals surface area contributed by atoms with Crippen LogP contribution in [-0.2, 0) is 25.8 Å². The van der Waals surface area contributed by atoms with Crippen LogP contribution in [-0.4, -0.2) is 95.1 Å². The highest BCUT2D eigenvalue weighted by Crippen LogP contribution is 2.60. The minimum Gasteiger partial charge on any atom is -0.481 e. The van der Waals surface area contributed by atoms with E-state index in [1.807, 2.05) is 24.3 Å². The minimum atomic E-state index is -1.23. The first-order valence-corrected chi connectivity index (χ1v) is 13.9. The first-order chi connectivity index (χ1) is 18.3. The van der Waals surface area contributed by atoms with Crippen molar-refractivity contribution in [3.63, 3.8) is 0 Å². The Hall–Kier alpha value is -2.83. The van der Waals surface area contributed by atoms with E-state index >= 15 is 0 Å². The molecule has 0 radical (unpaired) electrons. The average molecular weight is 590 g/mol. The van der Waals surface area contributed by atoms with Crippen molar-refractivity contribution in [2.45, 2.75) is 61.3 Å². The first-order valence-electron chi connectivity index (χ1n) is 13.0. The zero-order valence-corrected chi connectivity index (χ0v) is 22.6. The first kappa shape index (κ1) is 26.8. The SMILES string of the molecule is C=CCN(Cn1nnc2ccccc21)C(=O)C1N(CCCCCCO)C(=O)[C@@H]2[C@@H](C(=O)O)[C@@H]3OC12CC3Br. The smallest absolute Gasteiger partial charge is 0.310 e. The maximum absolute atomic E-state index is 14.3. The van der Waals surface area contributed by atoms with Crippen molar-refractivity contribution in [2.75, 3.05) is 19.7 Å². The fourth-order valence-electron chi connectivity index (χ4n) is 6.41. The number of nitrogens with zero attached hydrogens (tertiary/aromatic N) is 5. The van der Waals surface area contributed by atoms with Crippen molar-refractivity contribution >= 4 is 44.7 Å². The Labute approximate surface area is 228 Å². The van der Waals surface area contributed by atoms with E-state index in [-0.39, 0.29) is 36.5 Å². The van der Waals surface area contributed by atoms with Crippen LogP contribution >= 0.6 is 15.9 Å². The molecule has 2 bridgehead atoms. The van der Waals surface area contributed by atoms with Crippen molar-refractivity contribution in [1.29, 1.82) is 0 Å². The second kappa shape index (κ2) is 10.7. The lowest BCUT2D eigenvalue weighted by Crippen LogP contribution is -2.57. The highest BCUT2D eigenvalue weighted by Gasteiger charge is 2.76. The van der Waals surface area contributed by atoms with E-state index < -0.39 is 35.6 Å². The molecule has 3 saturated heterocycles. The number of likely N-dealkylation sites (tertiary alicyclic amines) is 1. The van der Waals surface area contributed by atoms with Gasteiger partial charge < -0.3 is 24.7 Å². The number of carboxylic acids is 1. The molecular weight excluding hydrogens is 558 g/mol. The van der Waals surface area contributed by atoms with Gasteiger partial charge in [0.05, 0.1) is 23.5 Å². The number of unbranched alkanes of at least 4 members (excludes halogenated alkanes) is 3. The van der Waals surface area contributed by atoms with Gasteiger partial charge in [0.25, 0.3) is 0 Å². The molecule has 1 aromatic heterocycles. The second-order valence-electron chi connectivity index (χ2n) is 10.2. The van der Waals surface area contributed by atoms with Crippen molar-refractivity contribution in [2.24, 2.45) is 11.8 Å². The number of aliphatic hydroxyl groups is 1. The summed E-state index contributed by atoms with van der Waals surface area (Å²) in [5, 5.41) is 27.5. The van der Waals surface area contributed by atoms with Crippen LogP contribution in [0.2, 0.25) is 0 Å². The number of fused-ring (bicyclic) bond motifs is 2. The molecule has 12 heteroatoms. The molecule has 4 heterocycles. The van der Waals surface area contributed by atoms with E-state index in [2.05, 4.69) is 32.8 Å². The van der Waals surface area contributed by atoms with Gasteiger partial charge >= 0.3 is 5.97 Å². The highest BCUT2D eigenvalue weighted by molar-refractivity contribution is 9.09. The molecule has 38 heavy (non-hydrogen) atoms. The third-order valence-corrected chi connectivity index (χ3v) is 8.85. The molecule has 0 saturated carbocycles. The normalized spacial score (nSPS) is 29.7. The monoisotopic (exact) mass is 589 g/mol. The van der Waals surface area contributed by atoms with Gasteiger partial charge in [-0.3, -0.25) is 14.4 Å². The van der Waals surface area contributed by atoms with Crippen LogP contribution in [0.4, 0.5) is 0 Å². The summed E-state index contributed by atoms with van der Waals surface area (Å²) in [5.41, 5.74) is 0.227. The van der Waals surface area contributed by atoms with Crippen LogP contribution < -0.4 is 0 Å². The Bertz CT molecular complexity index is 1240. The number of rotatable bonds is 12. The summed E-state index contributed by atoms with van der Waals surface area (Å²) in [6, 6.07) is 6.46. The number of carbonyl (C=O) groups is 3. The molecule has 3 aliphatic rings. The van der Waals surface area contributed by atoms with Crippen molar-refractivity contribution in [1.82, 2.24) is 24.8 Å². The number of carbonyl (C=O) groups excluding carboxylic acids is 2. The zero-order valence-electron chi connectivity index (χ0n) is 21.0. The number of amides is 2. The third kappa shape index (κ3) is 4.32. The standard InChI is InChI=1S/C26H32BrN5O6/c1-2-11-30(15-32-18-10-6-5-9-17(18)28-29-32)24(35)22-26-14-16(27)21(38-26)19(25(36)37)20(26)23(34)31(22)12-7-3-4-8-13-33/h2,5-6,9-10,16,19-22,33H,1,3-4,7-8,11-15H2,(H,36,37)/t16?,19-,20+,21-,22?,26?/m1/s1. The predicted octanol–water partition coefficient (Wildman–Crippen LogP) is 1.79. The average Bonchev–Trinajstić information content (AvgIpc) is 3.61. The quantitative estimate of drug-likeness (QED) is 0.217. The highest BCUT2D eigenvalue weighted by atomic mass is 79.9. The maximum atomic E-state index is 14.3. The maximum Gasteiger partial charge on any atom is 0.310 e. The molecule has 5 rings (SSSR count). The van der Waals surface area contributed by atoms with Crippen LogP contribution in [0.15, 0.2) is 36.9 Å². The Morgan fingerprint density at radius 2 is 2.03 bits per heavy atom. The summed E-state index contributed by atoms with van der Waals surface area (Å²) in [6.45, 7) is 4.51. The molecule has 2 N–H and O–H groups in total. The molecule has 1 aromatic carbocycles. The number of alkyl halides is 1. The molecule has 204 valence electrons. The van der Waals surface area contributed by atoms with Gasteiger partial charge in [-0.2, -0.15) is 0 Å². The lowest BCUT2D eigenvalue weighted by Gasteiger charge is -2.37. The van der Waals surface area contributed by atoms with E-state index in [0.717, 1.165) is 18.4 Å². The summed E-state index contributed by atoms with van der Waals surface area (Å²) in [5.74, 6) is -3.72. The van der Waals surface area contributed by atoms with E-state index in [1.165, 1.54) is 0 Å². The molecule has 3 unspecified atom stereocenters. The molecule has 3 aliphatic heterocycles. The van der Waals surface area contributed by atoms with Gasteiger partial charge in [-0.1, -0.05) is 52.2 Å². The van der Waals surface area contributed by atoms with Gasteiger partial charge in [0, 0.05) is 24.5 Å². The second-order valence-corrected chi connectivity index (χ2v) is 11.4. The Morgan fingerprint density at radius 1 is 1.26 bits per heavy atom. The molecule has 2 aromatic rings. The number of para-hydroxylation sites is 1. The lowest BCUT2D eigenvalue weighted by molar-refractivity contribution is -0.151.